The van der Waals surface area contributed by atoms with Crippen LogP contribution in [0.15, 0.2) is 17.8 Å². The van der Waals surface area contributed by atoms with E-state index in [0.717, 1.165) is 6.34 Å². The second-order valence-electron chi connectivity index (χ2n) is 0.987. The van der Waals surface area contributed by atoms with Crippen molar-refractivity contribution in [2.45, 2.75) is 0 Å². The number of aliphatic imine (C=N–C) groups is 1. The lowest BCUT2D eigenvalue weighted by molar-refractivity contribution is 0.440. The molecule has 0 radical (unpaired) electrons. The number of nitrogens with one attached hydrogen (secondary N) is 2. The fourth-order valence-corrected chi connectivity index (χ4v) is 0.197. The largest absolute Gasteiger partial charge is 0.373 e. The van der Waals surface area contributed by atoms with Crippen molar-refractivity contribution in [3.8, 4) is 0 Å². The van der Waals surface area contributed by atoms with E-state index in [9.17, 15) is 4.48 Å². The van der Waals surface area contributed by atoms with Gasteiger partial charge >= 0.3 is 0 Å². The summed E-state index contributed by atoms with van der Waals surface area (Å²) in [5, 5.41) is 2.64. The standard InChI is InChI=1S/C4H8FN3/c1-2-6-3-7-4-8-5/h2,4,6H,1,3H2,(H,7,8). The minimum atomic E-state index is 0.348. The summed E-state index contributed by atoms with van der Waals surface area (Å²) in [5.74, 6) is 0. The molecule has 0 fully saturated rings. The summed E-state index contributed by atoms with van der Waals surface area (Å²) >= 11 is 0. The molecule has 0 spiro atoms. The summed E-state index contributed by atoms with van der Waals surface area (Å²) in [6.07, 6.45) is 2.44. The minimum Gasteiger partial charge on any atom is -0.373 e. The first-order valence-corrected chi connectivity index (χ1v) is 2.10. The van der Waals surface area contributed by atoms with Gasteiger partial charge in [0.15, 0.2) is 0 Å². The summed E-state index contributed by atoms with van der Waals surface area (Å²) in [4.78, 5) is 3.49. The van der Waals surface area contributed by atoms with E-state index in [-0.39, 0.29) is 0 Å². The predicted octanol–water partition coefficient (Wildman–Crippen LogP) is 0.179. The Labute approximate surface area is 47.2 Å². The highest BCUT2D eigenvalue weighted by Gasteiger charge is 1.66. The van der Waals surface area contributed by atoms with Gasteiger partial charge in [0.2, 0.25) is 0 Å². The average molecular weight is 117 g/mol. The second-order valence-corrected chi connectivity index (χ2v) is 0.987. The molecule has 0 unspecified atom stereocenters. The van der Waals surface area contributed by atoms with Gasteiger partial charge in [-0.05, 0) is 6.20 Å². The van der Waals surface area contributed by atoms with Crippen molar-refractivity contribution in [1.29, 1.82) is 0 Å². The van der Waals surface area contributed by atoms with Gasteiger partial charge in [-0.2, -0.15) is 0 Å². The highest BCUT2D eigenvalue weighted by molar-refractivity contribution is 5.52. The van der Waals surface area contributed by atoms with Crippen LogP contribution in [0.25, 0.3) is 0 Å². The van der Waals surface area contributed by atoms with Gasteiger partial charge in [-0.15, -0.1) is 4.48 Å². The van der Waals surface area contributed by atoms with Crippen LogP contribution >= 0.6 is 0 Å². The van der Waals surface area contributed by atoms with Crippen LogP contribution in [-0.4, -0.2) is 13.0 Å². The van der Waals surface area contributed by atoms with Gasteiger partial charge in [-0.1, -0.05) is 6.58 Å². The fraction of sp³-hybridized carbons (Fsp3) is 0.250. The van der Waals surface area contributed by atoms with Gasteiger partial charge in [0.1, 0.15) is 13.0 Å². The highest BCUT2D eigenvalue weighted by atomic mass is 19.2. The molecular formula is C4H8FN3. The van der Waals surface area contributed by atoms with Crippen molar-refractivity contribution in [2.24, 2.45) is 4.99 Å². The number of halogens is 1. The summed E-state index contributed by atoms with van der Waals surface area (Å²) in [6, 6.07) is 0. The zero-order valence-corrected chi connectivity index (χ0v) is 4.39. The number of hydrogen-bond acceptors (Lipinski definition) is 2. The first kappa shape index (κ1) is 6.94. The van der Waals surface area contributed by atoms with E-state index in [1.807, 2.05) is 0 Å². The SMILES string of the molecule is C=CNCN=CNF. The first-order valence-electron chi connectivity index (χ1n) is 2.10. The van der Waals surface area contributed by atoms with Crippen LogP contribution in [0.2, 0.25) is 0 Å². The van der Waals surface area contributed by atoms with Crippen LogP contribution < -0.4 is 10.9 Å². The third-order valence-electron chi connectivity index (χ3n) is 0.467. The molecule has 0 atom stereocenters. The Morgan fingerprint density at radius 3 is 3.00 bits per heavy atom. The van der Waals surface area contributed by atoms with Crippen molar-refractivity contribution in [3.63, 3.8) is 0 Å². The molecule has 0 aromatic carbocycles. The monoisotopic (exact) mass is 117 g/mol. The number of rotatable bonds is 4. The van der Waals surface area contributed by atoms with E-state index in [1.165, 1.54) is 11.7 Å². The Morgan fingerprint density at radius 1 is 1.75 bits per heavy atom. The maximum atomic E-state index is 11.0. The second kappa shape index (κ2) is 5.94. The molecule has 0 heterocycles. The average Bonchev–Trinajstić information content (AvgIpc) is 1.81. The van der Waals surface area contributed by atoms with Crippen molar-refractivity contribution in [1.82, 2.24) is 10.9 Å². The molecule has 0 bridgehead atoms. The van der Waals surface area contributed by atoms with Gasteiger partial charge in [0.05, 0.1) is 0 Å². The molecule has 0 aromatic rings. The van der Waals surface area contributed by atoms with Crippen LogP contribution in [0.5, 0.6) is 0 Å². The van der Waals surface area contributed by atoms with Gasteiger partial charge in [-0.3, -0.25) is 4.99 Å². The van der Waals surface area contributed by atoms with Gasteiger partial charge in [0.25, 0.3) is 0 Å². The quantitative estimate of drug-likeness (QED) is 0.238. The lowest BCUT2D eigenvalue weighted by Crippen LogP contribution is -2.05. The maximum Gasteiger partial charge on any atom is 0.114 e. The normalized spacial score (nSPS) is 9.12. The van der Waals surface area contributed by atoms with E-state index in [1.54, 1.807) is 0 Å². The number of hydrogen-bond donors (Lipinski definition) is 2. The molecule has 0 saturated carbocycles. The molecule has 3 nitrogen and oxygen atoms in total. The lowest BCUT2D eigenvalue weighted by atomic mass is 10.9. The van der Waals surface area contributed by atoms with Crippen molar-refractivity contribution in [2.75, 3.05) is 6.67 Å². The predicted molar refractivity (Wildman–Crippen MR) is 30.9 cm³/mol. The molecular weight excluding hydrogens is 109 g/mol. The molecule has 0 aliphatic rings. The molecule has 4 heteroatoms. The molecule has 2 N–H and O–H groups in total. The molecule has 0 rings (SSSR count). The number of nitrogens with zero attached hydrogens (tertiary/aromatic N) is 1. The third kappa shape index (κ3) is 4.94. The van der Waals surface area contributed by atoms with Crippen LogP contribution in [-0.2, 0) is 0 Å². The van der Waals surface area contributed by atoms with E-state index in [2.05, 4.69) is 16.9 Å². The van der Waals surface area contributed by atoms with Crippen LogP contribution in [0.3, 0.4) is 0 Å². The molecule has 8 heavy (non-hydrogen) atoms. The lowest BCUT2D eigenvalue weighted by Gasteiger charge is -1.88. The molecule has 0 aliphatic carbocycles. The Hall–Kier alpha value is -1.06. The van der Waals surface area contributed by atoms with Gasteiger partial charge in [0, 0.05) is 0 Å². The first-order chi connectivity index (χ1) is 3.91. The summed E-state index contributed by atoms with van der Waals surface area (Å²) in [5.41, 5.74) is 1.26. The van der Waals surface area contributed by atoms with Crippen molar-refractivity contribution in [3.05, 3.63) is 12.8 Å². The van der Waals surface area contributed by atoms with Gasteiger partial charge < -0.3 is 5.32 Å². The summed E-state index contributed by atoms with van der Waals surface area (Å²) in [6.45, 7) is 3.71. The van der Waals surface area contributed by atoms with Crippen LogP contribution in [0, 0.1) is 0 Å². The Morgan fingerprint density at radius 2 is 2.50 bits per heavy atom. The Balaban J connectivity index is 2.90. The zero-order chi connectivity index (χ0) is 6.24. The summed E-state index contributed by atoms with van der Waals surface area (Å²) < 4.78 is 11.0. The molecule has 0 amide bonds. The summed E-state index contributed by atoms with van der Waals surface area (Å²) in [7, 11) is 0. The topological polar surface area (TPSA) is 36.4 Å². The third-order valence-corrected chi connectivity index (χ3v) is 0.467. The highest BCUT2D eigenvalue weighted by Crippen LogP contribution is 1.58. The minimum absolute atomic E-state index is 0.348. The Kier molecular flexibility index (Phi) is 5.15. The molecule has 46 valence electrons. The molecule has 0 saturated heterocycles. The smallest absolute Gasteiger partial charge is 0.114 e. The zero-order valence-electron chi connectivity index (χ0n) is 4.39. The fourth-order valence-electron chi connectivity index (χ4n) is 0.197. The van der Waals surface area contributed by atoms with E-state index < -0.39 is 0 Å². The van der Waals surface area contributed by atoms with Gasteiger partial charge in [-0.25, -0.2) is 5.54 Å². The maximum absolute atomic E-state index is 11.0. The van der Waals surface area contributed by atoms with Crippen molar-refractivity contribution < 1.29 is 4.48 Å². The van der Waals surface area contributed by atoms with E-state index in [4.69, 9.17) is 0 Å². The molecule has 0 aromatic heterocycles. The Bertz CT molecular complexity index is 81.4. The van der Waals surface area contributed by atoms with Crippen LogP contribution in [0.1, 0.15) is 0 Å². The van der Waals surface area contributed by atoms with Crippen LogP contribution in [0.4, 0.5) is 4.48 Å². The van der Waals surface area contributed by atoms with Crippen molar-refractivity contribution >= 4 is 6.34 Å². The molecule has 0 aliphatic heterocycles. The van der Waals surface area contributed by atoms with E-state index >= 15 is 0 Å². The van der Waals surface area contributed by atoms with E-state index in [0.29, 0.717) is 6.67 Å².